The standard InChI is InChI=1S/C10H21NO3/c1-8(2)11(6-7-13-4)9(3)10(12)14-5/h8-9H,6-7H2,1-5H3. The van der Waals surface area contributed by atoms with Crippen LogP contribution < -0.4 is 0 Å². The second-order valence-corrected chi connectivity index (χ2v) is 3.52. The summed E-state index contributed by atoms with van der Waals surface area (Å²) in [7, 11) is 3.06. The number of methoxy groups -OCH3 is 2. The molecule has 1 unspecified atom stereocenters. The Morgan fingerprint density at radius 1 is 1.29 bits per heavy atom. The van der Waals surface area contributed by atoms with Crippen molar-refractivity contribution in [1.82, 2.24) is 4.90 Å². The number of carbonyl (C=O) groups excluding carboxylic acids is 1. The number of carbonyl (C=O) groups is 1. The molecule has 0 rings (SSSR count). The van der Waals surface area contributed by atoms with E-state index in [-0.39, 0.29) is 12.0 Å². The maximum absolute atomic E-state index is 11.3. The molecule has 4 nitrogen and oxygen atoms in total. The van der Waals surface area contributed by atoms with Gasteiger partial charge in [0.15, 0.2) is 0 Å². The normalized spacial score (nSPS) is 13.4. The van der Waals surface area contributed by atoms with Crippen molar-refractivity contribution in [2.45, 2.75) is 32.9 Å². The highest BCUT2D eigenvalue weighted by molar-refractivity contribution is 5.75. The lowest BCUT2D eigenvalue weighted by molar-refractivity contribution is -0.147. The van der Waals surface area contributed by atoms with Gasteiger partial charge in [0.05, 0.1) is 13.7 Å². The summed E-state index contributed by atoms with van der Waals surface area (Å²) in [6.45, 7) is 7.32. The van der Waals surface area contributed by atoms with Gasteiger partial charge in [-0.3, -0.25) is 9.69 Å². The lowest BCUT2D eigenvalue weighted by atomic mass is 10.2. The van der Waals surface area contributed by atoms with Crippen LogP contribution in [-0.4, -0.2) is 50.3 Å². The fourth-order valence-electron chi connectivity index (χ4n) is 1.40. The van der Waals surface area contributed by atoms with Gasteiger partial charge in [0.1, 0.15) is 6.04 Å². The first kappa shape index (κ1) is 13.4. The van der Waals surface area contributed by atoms with Crippen LogP contribution in [0.25, 0.3) is 0 Å². The van der Waals surface area contributed by atoms with Crippen LogP contribution in [0.4, 0.5) is 0 Å². The number of hydrogen-bond acceptors (Lipinski definition) is 4. The summed E-state index contributed by atoms with van der Waals surface area (Å²) in [5, 5.41) is 0. The largest absolute Gasteiger partial charge is 0.468 e. The second-order valence-electron chi connectivity index (χ2n) is 3.52. The summed E-state index contributed by atoms with van der Waals surface area (Å²) in [6.07, 6.45) is 0. The van der Waals surface area contributed by atoms with Crippen molar-refractivity contribution in [2.75, 3.05) is 27.4 Å². The molecule has 0 aromatic carbocycles. The molecular weight excluding hydrogens is 182 g/mol. The Balaban J connectivity index is 4.25. The zero-order chi connectivity index (χ0) is 11.1. The minimum Gasteiger partial charge on any atom is -0.468 e. The molecule has 0 amide bonds. The van der Waals surface area contributed by atoms with Crippen molar-refractivity contribution < 1.29 is 14.3 Å². The Morgan fingerprint density at radius 2 is 1.86 bits per heavy atom. The van der Waals surface area contributed by atoms with Crippen molar-refractivity contribution in [3.63, 3.8) is 0 Å². The number of ether oxygens (including phenoxy) is 2. The van der Waals surface area contributed by atoms with Gasteiger partial charge in [0.2, 0.25) is 0 Å². The van der Waals surface area contributed by atoms with Gasteiger partial charge in [0, 0.05) is 19.7 Å². The lowest BCUT2D eigenvalue weighted by Gasteiger charge is -2.30. The highest BCUT2D eigenvalue weighted by atomic mass is 16.5. The van der Waals surface area contributed by atoms with E-state index in [9.17, 15) is 4.79 Å². The molecule has 0 bridgehead atoms. The molecule has 0 heterocycles. The molecular formula is C10H21NO3. The molecule has 0 spiro atoms. The molecule has 0 aromatic rings. The minimum atomic E-state index is -0.213. The van der Waals surface area contributed by atoms with Crippen LogP contribution in [0.5, 0.6) is 0 Å². The molecule has 0 aliphatic heterocycles. The molecule has 14 heavy (non-hydrogen) atoms. The fraction of sp³-hybridized carbons (Fsp3) is 0.900. The Bertz CT molecular complexity index is 171. The quantitative estimate of drug-likeness (QED) is 0.601. The second kappa shape index (κ2) is 6.79. The summed E-state index contributed by atoms with van der Waals surface area (Å²) < 4.78 is 9.69. The van der Waals surface area contributed by atoms with Gasteiger partial charge in [-0.05, 0) is 20.8 Å². The molecule has 0 aliphatic carbocycles. The van der Waals surface area contributed by atoms with E-state index in [1.165, 1.54) is 7.11 Å². The fourth-order valence-corrected chi connectivity index (χ4v) is 1.40. The van der Waals surface area contributed by atoms with Gasteiger partial charge in [-0.1, -0.05) is 0 Å². The van der Waals surface area contributed by atoms with Gasteiger partial charge in [-0.2, -0.15) is 0 Å². The van der Waals surface area contributed by atoms with Crippen molar-refractivity contribution in [1.29, 1.82) is 0 Å². The molecule has 0 N–H and O–H groups in total. The third-order valence-electron chi connectivity index (χ3n) is 2.26. The first-order chi connectivity index (χ1) is 6.54. The molecule has 0 saturated heterocycles. The first-order valence-electron chi connectivity index (χ1n) is 4.87. The van der Waals surface area contributed by atoms with Crippen LogP contribution in [-0.2, 0) is 14.3 Å². The molecule has 0 radical (unpaired) electrons. The summed E-state index contributed by atoms with van der Waals surface area (Å²) in [4.78, 5) is 13.4. The molecule has 84 valence electrons. The molecule has 1 atom stereocenters. The topological polar surface area (TPSA) is 38.8 Å². The third-order valence-corrected chi connectivity index (χ3v) is 2.26. The Morgan fingerprint density at radius 3 is 2.21 bits per heavy atom. The highest BCUT2D eigenvalue weighted by Crippen LogP contribution is 2.06. The van der Waals surface area contributed by atoms with Crippen molar-refractivity contribution in [3.05, 3.63) is 0 Å². The van der Waals surface area contributed by atoms with E-state index < -0.39 is 0 Å². The SMILES string of the molecule is COCCN(C(C)C)C(C)C(=O)OC. The van der Waals surface area contributed by atoms with Crippen LogP contribution in [0.3, 0.4) is 0 Å². The van der Waals surface area contributed by atoms with Gasteiger partial charge in [-0.25, -0.2) is 0 Å². The summed E-state index contributed by atoms with van der Waals surface area (Å²) >= 11 is 0. The predicted molar refractivity (Wildman–Crippen MR) is 55.2 cm³/mol. The highest BCUT2D eigenvalue weighted by Gasteiger charge is 2.23. The first-order valence-corrected chi connectivity index (χ1v) is 4.87. The van der Waals surface area contributed by atoms with E-state index in [1.807, 2.05) is 6.92 Å². The van der Waals surface area contributed by atoms with Crippen LogP contribution in [0, 0.1) is 0 Å². The van der Waals surface area contributed by atoms with Crippen LogP contribution in [0.15, 0.2) is 0 Å². The van der Waals surface area contributed by atoms with Crippen molar-refractivity contribution in [3.8, 4) is 0 Å². The molecule has 0 aliphatic rings. The van der Waals surface area contributed by atoms with Gasteiger partial charge in [0.25, 0.3) is 0 Å². The Labute approximate surface area is 86.2 Å². The summed E-state index contributed by atoms with van der Waals surface area (Å²) in [6, 6.07) is 0.0920. The Kier molecular flexibility index (Phi) is 6.49. The molecule has 0 saturated carbocycles. The zero-order valence-electron chi connectivity index (χ0n) is 9.74. The monoisotopic (exact) mass is 203 g/mol. The van der Waals surface area contributed by atoms with E-state index >= 15 is 0 Å². The zero-order valence-corrected chi connectivity index (χ0v) is 9.74. The average molecular weight is 203 g/mol. The van der Waals surface area contributed by atoms with Crippen molar-refractivity contribution in [2.24, 2.45) is 0 Å². The predicted octanol–water partition coefficient (Wildman–Crippen LogP) is 0.905. The minimum absolute atomic E-state index is 0.199. The van der Waals surface area contributed by atoms with Gasteiger partial charge in [-0.15, -0.1) is 0 Å². The third kappa shape index (κ3) is 4.07. The van der Waals surface area contributed by atoms with E-state index in [0.717, 1.165) is 6.54 Å². The average Bonchev–Trinajstić information content (AvgIpc) is 2.16. The van der Waals surface area contributed by atoms with Crippen molar-refractivity contribution >= 4 is 5.97 Å². The van der Waals surface area contributed by atoms with Crippen LogP contribution in [0.1, 0.15) is 20.8 Å². The van der Waals surface area contributed by atoms with E-state index in [0.29, 0.717) is 12.6 Å². The maximum atomic E-state index is 11.3. The number of rotatable bonds is 6. The number of esters is 1. The summed E-state index contributed by atoms with van der Waals surface area (Å²) in [5.41, 5.74) is 0. The summed E-state index contributed by atoms with van der Waals surface area (Å²) in [5.74, 6) is -0.199. The van der Waals surface area contributed by atoms with Crippen LogP contribution in [0.2, 0.25) is 0 Å². The van der Waals surface area contributed by atoms with E-state index in [1.54, 1.807) is 7.11 Å². The molecule has 0 fully saturated rings. The van der Waals surface area contributed by atoms with Gasteiger partial charge >= 0.3 is 5.97 Å². The molecule has 4 heteroatoms. The number of nitrogens with zero attached hydrogens (tertiary/aromatic N) is 1. The lowest BCUT2D eigenvalue weighted by Crippen LogP contribution is -2.45. The smallest absolute Gasteiger partial charge is 0.322 e. The Hall–Kier alpha value is -0.610. The molecule has 0 aromatic heterocycles. The number of hydrogen-bond donors (Lipinski definition) is 0. The van der Waals surface area contributed by atoms with E-state index in [4.69, 9.17) is 9.47 Å². The van der Waals surface area contributed by atoms with Gasteiger partial charge < -0.3 is 9.47 Å². The maximum Gasteiger partial charge on any atom is 0.322 e. The van der Waals surface area contributed by atoms with Crippen LogP contribution >= 0.6 is 0 Å². The van der Waals surface area contributed by atoms with E-state index in [2.05, 4.69) is 18.7 Å².